The number of carbonyl (C=O) groups is 1. The second kappa shape index (κ2) is 3.89. The Morgan fingerprint density at radius 2 is 1.91 bits per heavy atom. The molecule has 2 heteroatoms. The zero-order valence-corrected chi connectivity index (χ0v) is 12.5. The largest absolute Gasteiger partial charge is 0.460 e. The molecule has 2 aliphatic rings. The number of fused-ring (bicyclic) bond motifs is 3. The minimum absolute atomic E-state index is 0.0429. The minimum atomic E-state index is -0.0941. The SMILES string of the molecule is C[C@]12CCCc3coc(c31)C(=O)c1cc3ccccc3cc12. The summed E-state index contributed by atoms with van der Waals surface area (Å²) in [5.41, 5.74) is 4.26. The monoisotopic (exact) mass is 288 g/mol. The molecule has 5 rings (SSSR count). The molecule has 1 aromatic heterocycles. The number of aryl methyl sites for hydroxylation is 1. The fourth-order valence-corrected chi connectivity index (χ4v) is 4.38. The zero-order chi connectivity index (χ0) is 14.9. The summed E-state index contributed by atoms with van der Waals surface area (Å²) in [5.74, 6) is 0.612. The highest BCUT2D eigenvalue weighted by Gasteiger charge is 2.45. The van der Waals surface area contributed by atoms with Crippen molar-refractivity contribution in [3.63, 3.8) is 0 Å². The molecule has 2 nitrogen and oxygen atoms in total. The lowest BCUT2D eigenvalue weighted by atomic mass is 9.63. The third-order valence-electron chi connectivity index (χ3n) is 5.47. The third-order valence-corrected chi connectivity index (χ3v) is 5.47. The third kappa shape index (κ3) is 1.33. The van der Waals surface area contributed by atoms with Crippen molar-refractivity contribution in [3.05, 3.63) is 70.7 Å². The van der Waals surface area contributed by atoms with E-state index in [0.717, 1.165) is 35.8 Å². The second-order valence-corrected chi connectivity index (χ2v) is 6.72. The maximum Gasteiger partial charge on any atom is 0.228 e. The van der Waals surface area contributed by atoms with E-state index in [0.29, 0.717) is 5.76 Å². The van der Waals surface area contributed by atoms with Gasteiger partial charge in [0.15, 0.2) is 5.76 Å². The van der Waals surface area contributed by atoms with E-state index in [1.807, 2.05) is 12.1 Å². The molecule has 0 N–H and O–H groups in total. The highest BCUT2D eigenvalue weighted by Crippen LogP contribution is 2.50. The van der Waals surface area contributed by atoms with Gasteiger partial charge in [0.05, 0.1) is 6.26 Å². The molecule has 0 bridgehead atoms. The Labute approximate surface area is 128 Å². The molecule has 0 saturated carbocycles. The standard InChI is InChI=1S/C20H16O2/c1-20-8-4-7-14-11-22-19(17(14)20)18(21)15-9-12-5-2-3-6-13(12)10-16(15)20/h2-3,5-6,9-11H,4,7-8H2,1H3/t20-/m1/s1. The molecule has 0 radical (unpaired) electrons. The van der Waals surface area contributed by atoms with Crippen molar-refractivity contribution >= 4 is 16.6 Å². The molecule has 0 spiro atoms. The molecule has 0 saturated heterocycles. The van der Waals surface area contributed by atoms with Crippen LogP contribution in [0.5, 0.6) is 0 Å². The summed E-state index contributed by atoms with van der Waals surface area (Å²) in [6, 6.07) is 12.5. The van der Waals surface area contributed by atoms with Crippen LogP contribution in [0.3, 0.4) is 0 Å². The molecule has 1 heterocycles. The predicted octanol–water partition coefficient (Wildman–Crippen LogP) is 4.62. The molecular weight excluding hydrogens is 272 g/mol. The zero-order valence-electron chi connectivity index (χ0n) is 12.5. The van der Waals surface area contributed by atoms with Crippen LogP contribution in [0.2, 0.25) is 0 Å². The molecule has 22 heavy (non-hydrogen) atoms. The molecule has 2 aliphatic carbocycles. The molecule has 3 aromatic rings. The number of hydrogen-bond acceptors (Lipinski definition) is 2. The summed E-state index contributed by atoms with van der Waals surface area (Å²) in [4.78, 5) is 12.9. The topological polar surface area (TPSA) is 30.2 Å². The van der Waals surface area contributed by atoms with E-state index < -0.39 is 0 Å². The van der Waals surface area contributed by atoms with Gasteiger partial charge in [0, 0.05) is 16.5 Å². The maximum absolute atomic E-state index is 12.9. The van der Waals surface area contributed by atoms with Gasteiger partial charge in [0.2, 0.25) is 5.78 Å². The Balaban J connectivity index is 1.91. The summed E-state index contributed by atoms with van der Waals surface area (Å²) in [5, 5.41) is 2.32. The van der Waals surface area contributed by atoms with Crippen LogP contribution in [0.15, 0.2) is 47.1 Å². The fourth-order valence-electron chi connectivity index (χ4n) is 4.38. The number of benzene rings is 2. The average molecular weight is 288 g/mol. The molecule has 108 valence electrons. The minimum Gasteiger partial charge on any atom is -0.460 e. The summed E-state index contributed by atoms with van der Waals surface area (Å²) < 4.78 is 5.69. The van der Waals surface area contributed by atoms with Gasteiger partial charge in [-0.05, 0) is 53.3 Å². The van der Waals surface area contributed by atoms with Gasteiger partial charge in [-0.3, -0.25) is 4.79 Å². The van der Waals surface area contributed by atoms with Crippen molar-refractivity contribution in [1.82, 2.24) is 0 Å². The van der Waals surface area contributed by atoms with Gasteiger partial charge in [-0.15, -0.1) is 0 Å². The van der Waals surface area contributed by atoms with Crippen molar-refractivity contribution < 1.29 is 9.21 Å². The van der Waals surface area contributed by atoms with Crippen LogP contribution in [0, 0.1) is 0 Å². The average Bonchev–Trinajstić information content (AvgIpc) is 2.98. The van der Waals surface area contributed by atoms with Crippen molar-refractivity contribution in [2.75, 3.05) is 0 Å². The molecule has 0 amide bonds. The highest BCUT2D eigenvalue weighted by atomic mass is 16.3. The van der Waals surface area contributed by atoms with Crippen LogP contribution in [-0.2, 0) is 11.8 Å². The van der Waals surface area contributed by atoms with E-state index in [1.54, 1.807) is 6.26 Å². The fraction of sp³-hybridized carbons (Fsp3) is 0.250. The maximum atomic E-state index is 12.9. The number of rotatable bonds is 0. The van der Waals surface area contributed by atoms with Gasteiger partial charge in [0.25, 0.3) is 0 Å². The van der Waals surface area contributed by atoms with E-state index in [2.05, 4.69) is 31.2 Å². The van der Waals surface area contributed by atoms with Gasteiger partial charge in [-0.1, -0.05) is 31.2 Å². The smallest absolute Gasteiger partial charge is 0.228 e. The second-order valence-electron chi connectivity index (χ2n) is 6.72. The van der Waals surface area contributed by atoms with E-state index in [4.69, 9.17) is 4.42 Å². The van der Waals surface area contributed by atoms with Gasteiger partial charge in [-0.25, -0.2) is 0 Å². The Morgan fingerprint density at radius 1 is 1.14 bits per heavy atom. The van der Waals surface area contributed by atoms with Crippen molar-refractivity contribution in [2.24, 2.45) is 0 Å². The van der Waals surface area contributed by atoms with Crippen LogP contribution < -0.4 is 0 Å². The number of ketones is 1. The van der Waals surface area contributed by atoms with Gasteiger partial charge in [0.1, 0.15) is 0 Å². The Bertz CT molecular complexity index is 947. The summed E-state index contributed by atoms with van der Waals surface area (Å²) in [6.07, 6.45) is 5.03. The first-order valence-corrected chi connectivity index (χ1v) is 7.87. The van der Waals surface area contributed by atoms with Crippen molar-refractivity contribution in [3.8, 4) is 0 Å². The van der Waals surface area contributed by atoms with E-state index >= 15 is 0 Å². The molecule has 1 atom stereocenters. The lowest BCUT2D eigenvalue weighted by Crippen LogP contribution is -2.35. The predicted molar refractivity (Wildman–Crippen MR) is 85.5 cm³/mol. The summed E-state index contributed by atoms with van der Waals surface area (Å²) >= 11 is 0. The molecule has 0 fully saturated rings. The number of hydrogen-bond donors (Lipinski definition) is 0. The Kier molecular flexibility index (Phi) is 2.16. The molecular formula is C20H16O2. The van der Waals surface area contributed by atoms with Gasteiger partial charge >= 0.3 is 0 Å². The van der Waals surface area contributed by atoms with Crippen LogP contribution in [-0.4, -0.2) is 5.78 Å². The van der Waals surface area contributed by atoms with Crippen LogP contribution in [0.4, 0.5) is 0 Å². The molecule has 0 unspecified atom stereocenters. The van der Waals surface area contributed by atoms with E-state index in [-0.39, 0.29) is 11.2 Å². The van der Waals surface area contributed by atoms with Crippen LogP contribution in [0.1, 0.15) is 52.6 Å². The first-order valence-electron chi connectivity index (χ1n) is 7.87. The van der Waals surface area contributed by atoms with Gasteiger partial charge in [-0.2, -0.15) is 0 Å². The van der Waals surface area contributed by atoms with E-state index in [1.165, 1.54) is 16.5 Å². The Hall–Kier alpha value is -2.35. The first kappa shape index (κ1) is 12.2. The first-order chi connectivity index (χ1) is 10.7. The van der Waals surface area contributed by atoms with Crippen molar-refractivity contribution in [2.45, 2.75) is 31.6 Å². The van der Waals surface area contributed by atoms with Gasteiger partial charge < -0.3 is 4.42 Å². The van der Waals surface area contributed by atoms with Crippen LogP contribution >= 0.6 is 0 Å². The van der Waals surface area contributed by atoms with E-state index in [9.17, 15) is 4.79 Å². The summed E-state index contributed by atoms with van der Waals surface area (Å²) in [6.45, 7) is 2.27. The number of carbonyl (C=O) groups excluding carboxylic acids is 1. The quantitative estimate of drug-likeness (QED) is 0.604. The lowest BCUT2D eigenvalue weighted by molar-refractivity contribution is 0.0998. The molecule has 2 aromatic carbocycles. The molecule has 0 aliphatic heterocycles. The highest BCUT2D eigenvalue weighted by molar-refractivity contribution is 6.13. The van der Waals surface area contributed by atoms with Crippen LogP contribution in [0.25, 0.3) is 10.8 Å². The lowest BCUT2D eigenvalue weighted by Gasteiger charge is -2.38. The van der Waals surface area contributed by atoms with Crippen molar-refractivity contribution in [1.29, 1.82) is 0 Å². The number of furan rings is 1. The Morgan fingerprint density at radius 3 is 2.73 bits per heavy atom. The normalized spacial score (nSPS) is 22.5. The summed E-state index contributed by atoms with van der Waals surface area (Å²) in [7, 11) is 0.